The number of phenols is 1. The third-order valence-corrected chi connectivity index (χ3v) is 7.01. The van der Waals surface area contributed by atoms with Gasteiger partial charge in [0.1, 0.15) is 29.1 Å². The van der Waals surface area contributed by atoms with Crippen LogP contribution in [0.3, 0.4) is 0 Å². The number of rotatable bonds is 11. The highest BCUT2D eigenvalue weighted by molar-refractivity contribution is 8.01. The van der Waals surface area contributed by atoms with Crippen molar-refractivity contribution < 1.29 is 38.5 Å². The van der Waals surface area contributed by atoms with Gasteiger partial charge in [-0.05, 0) is 48.5 Å². The number of aromatic hydroxyl groups is 1. The Morgan fingerprint density at radius 1 is 1.03 bits per heavy atom. The van der Waals surface area contributed by atoms with Gasteiger partial charge in [0, 0.05) is 22.9 Å². The number of carboxylic acids is 1. The maximum atomic E-state index is 13.2. The summed E-state index contributed by atoms with van der Waals surface area (Å²) in [7, 11) is 0. The van der Waals surface area contributed by atoms with Crippen molar-refractivity contribution >= 4 is 41.0 Å². The highest BCUT2D eigenvalue weighted by atomic mass is 32.2. The van der Waals surface area contributed by atoms with Crippen LogP contribution in [0.1, 0.15) is 22.0 Å². The van der Waals surface area contributed by atoms with Crippen molar-refractivity contribution in [2.24, 2.45) is 0 Å². The van der Waals surface area contributed by atoms with Crippen LogP contribution in [0.5, 0.6) is 11.5 Å². The number of para-hydroxylation sites is 1. The van der Waals surface area contributed by atoms with Gasteiger partial charge < -0.3 is 25.2 Å². The Morgan fingerprint density at radius 2 is 1.74 bits per heavy atom. The molecule has 0 bridgehead atoms. The molecule has 2 unspecified atom stereocenters. The van der Waals surface area contributed by atoms with E-state index in [1.807, 2.05) is 6.07 Å². The lowest BCUT2D eigenvalue weighted by atomic mass is 9.91. The fraction of sp³-hybridized carbons (Fsp3) is 0.185. The molecular formula is C27H23FN2O7S. The number of ketones is 1. The number of carboxylic acid groups (broad SMARTS) is 1. The first-order valence-electron chi connectivity index (χ1n) is 11.5. The smallest absolute Gasteiger partial charge is 0.322 e. The van der Waals surface area contributed by atoms with Crippen molar-refractivity contribution in [1.29, 1.82) is 0 Å². The van der Waals surface area contributed by atoms with E-state index in [1.165, 1.54) is 41.3 Å². The molecule has 0 radical (unpaired) electrons. The van der Waals surface area contributed by atoms with Crippen molar-refractivity contribution in [3.63, 3.8) is 0 Å². The summed E-state index contributed by atoms with van der Waals surface area (Å²) in [5, 5.41) is 20.9. The number of carbonyl (C=O) groups excluding carboxylic acids is 3. The summed E-state index contributed by atoms with van der Waals surface area (Å²) >= 11 is 1.14. The number of nitrogens with zero attached hydrogens (tertiary/aromatic N) is 1. The number of ether oxygens (including phenoxy) is 1. The normalized spacial score (nSPS) is 16.4. The van der Waals surface area contributed by atoms with Crippen molar-refractivity contribution in [3.05, 3.63) is 89.7 Å². The number of hydrogen-bond donors (Lipinski definition) is 3. The summed E-state index contributed by atoms with van der Waals surface area (Å²) in [6.45, 7) is -0.992. The first-order chi connectivity index (χ1) is 18.2. The molecule has 11 heteroatoms. The van der Waals surface area contributed by atoms with Crippen molar-refractivity contribution in [2.45, 2.75) is 11.3 Å². The lowest BCUT2D eigenvalue weighted by molar-refractivity contribution is -0.138. The number of carbonyl (C=O) groups is 4. The molecule has 3 aromatic carbocycles. The Labute approximate surface area is 221 Å². The molecule has 196 valence electrons. The van der Waals surface area contributed by atoms with Gasteiger partial charge in [-0.3, -0.25) is 19.2 Å². The van der Waals surface area contributed by atoms with Gasteiger partial charge >= 0.3 is 5.97 Å². The van der Waals surface area contributed by atoms with Crippen LogP contribution < -0.4 is 15.0 Å². The largest absolute Gasteiger partial charge is 0.507 e. The third kappa shape index (κ3) is 6.12. The van der Waals surface area contributed by atoms with Gasteiger partial charge in [0.25, 0.3) is 5.91 Å². The number of phenolic OH excluding ortho intramolecular Hbond substituents is 1. The summed E-state index contributed by atoms with van der Waals surface area (Å²) in [5.74, 6) is -2.79. The fourth-order valence-electron chi connectivity index (χ4n) is 3.93. The number of halogens is 1. The van der Waals surface area contributed by atoms with Crippen LogP contribution in [-0.2, 0) is 14.4 Å². The van der Waals surface area contributed by atoms with Crippen LogP contribution in [0.2, 0.25) is 0 Å². The highest BCUT2D eigenvalue weighted by Gasteiger charge is 2.50. The van der Waals surface area contributed by atoms with Gasteiger partial charge in [0.15, 0.2) is 12.4 Å². The molecule has 0 saturated carbocycles. The van der Waals surface area contributed by atoms with Gasteiger partial charge in [0.2, 0.25) is 5.91 Å². The first-order valence-corrected chi connectivity index (χ1v) is 12.5. The second-order valence-electron chi connectivity index (χ2n) is 8.33. The third-order valence-electron chi connectivity index (χ3n) is 5.77. The van der Waals surface area contributed by atoms with Crippen LogP contribution in [-0.4, -0.2) is 57.9 Å². The molecule has 2 amide bonds. The topological polar surface area (TPSA) is 133 Å². The van der Waals surface area contributed by atoms with Crippen LogP contribution in [0.15, 0.2) is 72.8 Å². The minimum absolute atomic E-state index is 0.0193. The number of amides is 2. The Hall–Kier alpha value is -4.38. The molecule has 1 aliphatic rings. The lowest BCUT2D eigenvalue weighted by Crippen LogP contribution is -2.57. The lowest BCUT2D eigenvalue weighted by Gasteiger charge is -2.47. The number of anilines is 1. The number of β-lactam (4-membered cyclic amide) rings is 1. The van der Waals surface area contributed by atoms with Gasteiger partial charge in [-0.2, -0.15) is 0 Å². The molecule has 38 heavy (non-hydrogen) atoms. The van der Waals surface area contributed by atoms with E-state index in [4.69, 9.17) is 9.84 Å². The number of thioether (sulfide) groups is 1. The standard InChI is InChI=1S/C27H23FN2O7S/c28-17-8-6-16(7-9-17)22(32)15-38-26-25(30(27(26)36)18-4-2-1-3-5-18)20-11-10-19(12-21(20)31)37-14-23(33)29-13-24(34)35/h1-12,25-26,31H,13-15H2,(H,29,33)(H,34,35). The van der Waals surface area contributed by atoms with Crippen molar-refractivity contribution in [1.82, 2.24) is 5.32 Å². The van der Waals surface area contributed by atoms with Crippen molar-refractivity contribution in [2.75, 3.05) is 23.8 Å². The highest BCUT2D eigenvalue weighted by Crippen LogP contribution is 2.48. The zero-order valence-electron chi connectivity index (χ0n) is 19.9. The van der Waals surface area contributed by atoms with E-state index < -0.39 is 42.1 Å². The molecule has 9 nitrogen and oxygen atoms in total. The Kier molecular flexibility index (Phi) is 8.27. The predicted octanol–water partition coefficient (Wildman–Crippen LogP) is 3.18. The predicted molar refractivity (Wildman–Crippen MR) is 138 cm³/mol. The van der Waals surface area contributed by atoms with E-state index in [-0.39, 0.29) is 28.9 Å². The zero-order chi connectivity index (χ0) is 27.2. The average Bonchev–Trinajstić information content (AvgIpc) is 2.90. The number of hydrogen-bond acceptors (Lipinski definition) is 7. The second kappa shape index (κ2) is 11.8. The fourth-order valence-corrected chi connectivity index (χ4v) is 5.13. The molecule has 0 spiro atoms. The molecule has 3 aromatic rings. The van der Waals surface area contributed by atoms with Crippen molar-refractivity contribution in [3.8, 4) is 11.5 Å². The Morgan fingerprint density at radius 3 is 2.39 bits per heavy atom. The molecule has 1 fully saturated rings. The molecule has 2 atom stereocenters. The van der Waals surface area contributed by atoms with Crippen LogP contribution in [0.25, 0.3) is 0 Å². The zero-order valence-corrected chi connectivity index (χ0v) is 20.7. The van der Waals surface area contributed by atoms with Gasteiger partial charge in [-0.25, -0.2) is 4.39 Å². The second-order valence-corrected chi connectivity index (χ2v) is 9.46. The van der Waals surface area contributed by atoms with E-state index in [0.29, 0.717) is 16.8 Å². The molecule has 4 rings (SSSR count). The van der Waals surface area contributed by atoms with Crippen LogP contribution in [0, 0.1) is 5.82 Å². The minimum atomic E-state index is -1.19. The number of aliphatic carboxylic acids is 1. The molecule has 3 N–H and O–H groups in total. The summed E-state index contributed by atoms with van der Waals surface area (Å²) in [5.41, 5.74) is 1.38. The summed E-state index contributed by atoms with van der Waals surface area (Å²) < 4.78 is 18.5. The first kappa shape index (κ1) is 26.7. The van der Waals surface area contributed by atoms with E-state index in [0.717, 1.165) is 11.8 Å². The Bertz CT molecular complexity index is 1350. The minimum Gasteiger partial charge on any atom is -0.507 e. The van der Waals surface area contributed by atoms with E-state index in [9.17, 15) is 28.7 Å². The monoisotopic (exact) mass is 538 g/mol. The van der Waals surface area contributed by atoms with E-state index in [1.54, 1.807) is 30.3 Å². The molecular weight excluding hydrogens is 515 g/mol. The van der Waals surface area contributed by atoms with Crippen LogP contribution >= 0.6 is 11.8 Å². The van der Waals surface area contributed by atoms with Gasteiger partial charge in [-0.1, -0.05) is 18.2 Å². The summed E-state index contributed by atoms with van der Waals surface area (Å²) in [6.07, 6.45) is 0. The van der Waals surface area contributed by atoms with Gasteiger partial charge in [0.05, 0.1) is 11.8 Å². The summed E-state index contributed by atoms with van der Waals surface area (Å²) in [6, 6.07) is 17.9. The number of nitrogens with one attached hydrogen (secondary N) is 1. The van der Waals surface area contributed by atoms with Crippen LogP contribution in [0.4, 0.5) is 10.1 Å². The molecule has 1 saturated heterocycles. The SMILES string of the molecule is O=C(O)CNC(=O)COc1ccc(C2C(SCC(=O)c3ccc(F)cc3)C(=O)N2c2ccccc2)c(O)c1. The average molecular weight is 539 g/mol. The maximum Gasteiger partial charge on any atom is 0.322 e. The van der Waals surface area contributed by atoms with E-state index >= 15 is 0 Å². The number of benzene rings is 3. The molecule has 0 aromatic heterocycles. The summed E-state index contributed by atoms with van der Waals surface area (Å²) in [4.78, 5) is 49.6. The number of Topliss-reactive ketones (excluding diaryl/α,β-unsaturated/α-hetero) is 1. The molecule has 1 aliphatic heterocycles. The molecule has 1 heterocycles. The Balaban J connectivity index is 1.50. The quantitative estimate of drug-likeness (QED) is 0.250. The maximum absolute atomic E-state index is 13.2. The van der Waals surface area contributed by atoms with Gasteiger partial charge in [-0.15, -0.1) is 11.8 Å². The molecule has 0 aliphatic carbocycles. The van der Waals surface area contributed by atoms with E-state index in [2.05, 4.69) is 5.32 Å².